The quantitative estimate of drug-likeness (QED) is 0.139. The average molecular weight is 738 g/mol. The van der Waals surface area contributed by atoms with Crippen molar-refractivity contribution in [2.75, 3.05) is 0 Å². The molecule has 0 unspecified atom stereocenters. The van der Waals surface area contributed by atoms with Crippen LogP contribution in [0.1, 0.15) is 126 Å². The topological polar surface area (TPSA) is 0 Å². The summed E-state index contributed by atoms with van der Waals surface area (Å²) in [5.41, 5.74) is 15.9. The molecule has 0 nitrogen and oxygen atoms in total. The van der Waals surface area contributed by atoms with Crippen LogP contribution in [0.4, 0.5) is 0 Å². The number of aryl methyl sites for hydroxylation is 2. The Morgan fingerprint density at radius 1 is 0.620 bits per heavy atom. The molecule has 4 aromatic carbocycles. The number of hydrogen-bond acceptors (Lipinski definition) is 0. The van der Waals surface area contributed by atoms with Crippen molar-refractivity contribution in [3.63, 3.8) is 0 Å². The zero-order chi connectivity index (χ0) is 36.7. The second-order valence-corrected chi connectivity index (χ2v) is 16.7. The summed E-state index contributed by atoms with van der Waals surface area (Å²) >= 11 is 1.30. The molecular weight excluding hydrogens is 680 g/mol. The van der Waals surface area contributed by atoms with Crippen LogP contribution in [0.2, 0.25) is 0 Å². The molecule has 0 fully saturated rings. The molecule has 50 heavy (non-hydrogen) atoms. The molecule has 262 valence electrons. The number of allylic oxidation sites excluding steroid dienone is 4. The Kier molecular flexibility index (Phi) is 13.3. The molecule has 4 aliphatic carbocycles. The van der Waals surface area contributed by atoms with E-state index >= 15 is 0 Å². The fourth-order valence-corrected chi connectivity index (χ4v) is 7.41. The fourth-order valence-electron chi connectivity index (χ4n) is 7.41. The van der Waals surface area contributed by atoms with E-state index in [-0.39, 0.29) is 21.7 Å². The molecule has 0 saturated heterocycles. The van der Waals surface area contributed by atoms with Crippen LogP contribution in [-0.4, -0.2) is 4.21 Å². The van der Waals surface area contributed by atoms with E-state index in [1.165, 1.54) is 64.9 Å². The Labute approximate surface area is 320 Å². The maximum atomic E-state index is 3.34. The van der Waals surface area contributed by atoms with Crippen LogP contribution in [0.3, 0.4) is 0 Å². The van der Waals surface area contributed by atoms with Gasteiger partial charge in [0.15, 0.2) is 0 Å². The van der Waals surface area contributed by atoms with Gasteiger partial charge in [-0.25, -0.2) is 12.2 Å². The summed E-state index contributed by atoms with van der Waals surface area (Å²) in [6, 6.07) is 31.9. The molecule has 0 spiro atoms. The second kappa shape index (κ2) is 16.6. The third-order valence-corrected chi connectivity index (χ3v) is 10.9. The van der Waals surface area contributed by atoms with Crippen molar-refractivity contribution in [2.45, 2.75) is 123 Å². The Morgan fingerprint density at radius 2 is 1.06 bits per heavy atom. The molecular formula is C49H58Zr-4. The van der Waals surface area contributed by atoms with Gasteiger partial charge in [0.25, 0.3) is 0 Å². The SMILES string of the molecule is CC1(C)[CH-]CC(C)(C)c2cc3c(cc21)Cc1cc2c(cc1-3)C(C)(C)CCC2(C)C.Cc1cc[c-]cc1.Cc1cc[c-]cc1.[C-]1=CC=CC1.[CH2]=[Zr]. The molecule has 0 saturated carbocycles. The predicted molar refractivity (Wildman–Crippen MR) is 214 cm³/mol. The maximum absolute atomic E-state index is 3.34. The number of rotatable bonds is 0. The van der Waals surface area contributed by atoms with Gasteiger partial charge in [-0.15, -0.1) is 11.8 Å². The molecule has 0 bridgehead atoms. The normalized spacial score (nSPS) is 18.3. The summed E-state index contributed by atoms with van der Waals surface area (Å²) in [5.74, 6) is 0. The summed E-state index contributed by atoms with van der Waals surface area (Å²) in [6.07, 6.45) is 17.3. The van der Waals surface area contributed by atoms with Crippen molar-refractivity contribution in [1.82, 2.24) is 0 Å². The van der Waals surface area contributed by atoms with Gasteiger partial charge in [0.1, 0.15) is 0 Å². The summed E-state index contributed by atoms with van der Waals surface area (Å²) in [6.45, 7) is 23.5. The summed E-state index contributed by atoms with van der Waals surface area (Å²) < 4.78 is 3.34. The second-order valence-electron chi connectivity index (χ2n) is 16.7. The van der Waals surface area contributed by atoms with Crippen molar-refractivity contribution in [3.8, 4) is 11.1 Å². The molecule has 0 N–H and O–H groups in total. The van der Waals surface area contributed by atoms with Crippen LogP contribution in [-0.2, 0) is 52.3 Å². The van der Waals surface area contributed by atoms with Crippen LogP contribution in [0, 0.1) is 38.5 Å². The minimum atomic E-state index is 0.165. The van der Waals surface area contributed by atoms with E-state index in [2.05, 4.69) is 128 Å². The molecule has 0 heterocycles. The van der Waals surface area contributed by atoms with Crippen molar-refractivity contribution in [1.29, 1.82) is 0 Å². The van der Waals surface area contributed by atoms with Crippen LogP contribution >= 0.6 is 0 Å². The molecule has 0 radical (unpaired) electrons. The van der Waals surface area contributed by atoms with Crippen LogP contribution in [0.25, 0.3) is 11.1 Å². The first-order valence-electron chi connectivity index (χ1n) is 18.2. The van der Waals surface area contributed by atoms with Gasteiger partial charge in [0.2, 0.25) is 0 Å². The molecule has 1 heteroatoms. The fraction of sp³-hybridized carbons (Fsp3) is 0.388. The van der Waals surface area contributed by atoms with Gasteiger partial charge in [-0.2, -0.15) is 84.3 Å². The van der Waals surface area contributed by atoms with Crippen LogP contribution in [0.5, 0.6) is 0 Å². The number of fused-ring (bicyclic) bond motifs is 5. The van der Waals surface area contributed by atoms with E-state index < -0.39 is 0 Å². The summed E-state index contributed by atoms with van der Waals surface area (Å²) in [4.78, 5) is 0. The average Bonchev–Trinajstić information content (AvgIpc) is 3.79. The summed E-state index contributed by atoms with van der Waals surface area (Å²) in [5, 5.41) is 0. The standard InChI is InChI=1S/C29H37.2C7H7.C5H5.CH2.Zr/c1-26(2)9-11-28(5,6)24-16-20-18(14-22(24)26)13-19-15-23-25(17-21(19)20)29(7,8)12-10-27(23,3)4;2*1-7-5-3-2-4-6-7;1-2-4-5-3-1;;/h9,14-17H,10-13H2,1-8H3;2*3-6H,1H3;1-3H,4H2;1H2;/q4*-1;;. The molecule has 4 aliphatic rings. The Bertz CT molecular complexity index is 1650. The van der Waals surface area contributed by atoms with Gasteiger partial charge < -0.3 is 6.42 Å². The first-order chi connectivity index (χ1) is 23.6. The minimum absolute atomic E-state index is 0.165. The summed E-state index contributed by atoms with van der Waals surface area (Å²) in [7, 11) is 0. The Hall–Kier alpha value is -2.89. The van der Waals surface area contributed by atoms with E-state index in [0.717, 1.165) is 19.3 Å². The van der Waals surface area contributed by atoms with Gasteiger partial charge in [-0.1, -0.05) is 99.1 Å². The van der Waals surface area contributed by atoms with Crippen LogP contribution in [0.15, 0.2) is 91.0 Å². The molecule has 0 amide bonds. The zero-order valence-corrected chi connectivity index (χ0v) is 34.9. The molecule has 0 atom stereocenters. The van der Waals surface area contributed by atoms with E-state index in [9.17, 15) is 0 Å². The van der Waals surface area contributed by atoms with Crippen LogP contribution < -0.4 is 0 Å². The Morgan fingerprint density at radius 3 is 1.44 bits per heavy atom. The predicted octanol–water partition coefficient (Wildman–Crippen LogP) is 12.6. The van der Waals surface area contributed by atoms with E-state index in [1.807, 2.05) is 60.7 Å². The van der Waals surface area contributed by atoms with E-state index in [0.29, 0.717) is 0 Å². The van der Waals surface area contributed by atoms with Gasteiger partial charge in [0, 0.05) is 0 Å². The first-order valence-corrected chi connectivity index (χ1v) is 20.0. The van der Waals surface area contributed by atoms with Gasteiger partial charge in [0.05, 0.1) is 0 Å². The number of hydrogen-bond donors (Lipinski definition) is 0. The molecule has 0 aliphatic heterocycles. The monoisotopic (exact) mass is 736 g/mol. The Balaban J connectivity index is 0.000000215. The third-order valence-electron chi connectivity index (χ3n) is 10.9. The van der Waals surface area contributed by atoms with E-state index in [4.69, 9.17) is 0 Å². The molecule has 4 aromatic rings. The van der Waals surface area contributed by atoms with Crippen molar-refractivity contribution >= 4 is 4.21 Å². The molecule has 0 aromatic heterocycles. The van der Waals surface area contributed by atoms with Crippen molar-refractivity contribution < 1.29 is 24.2 Å². The van der Waals surface area contributed by atoms with Crippen molar-refractivity contribution in [2.24, 2.45) is 0 Å². The third kappa shape index (κ3) is 9.50. The van der Waals surface area contributed by atoms with Gasteiger partial charge in [-0.3, -0.25) is 6.08 Å². The van der Waals surface area contributed by atoms with Gasteiger partial charge in [-0.05, 0) is 74.5 Å². The zero-order valence-electron chi connectivity index (χ0n) is 32.5. The number of benzene rings is 4. The van der Waals surface area contributed by atoms with E-state index in [1.54, 1.807) is 27.8 Å². The first kappa shape index (κ1) is 39.9. The van der Waals surface area contributed by atoms with Gasteiger partial charge >= 0.3 is 28.4 Å². The molecule has 8 rings (SSSR count). The van der Waals surface area contributed by atoms with Crippen molar-refractivity contribution in [3.05, 3.63) is 160 Å².